The van der Waals surface area contributed by atoms with Crippen molar-refractivity contribution in [3.8, 4) is 28.2 Å². The van der Waals surface area contributed by atoms with Crippen molar-refractivity contribution < 1.29 is 112 Å². The molecule has 0 unspecified atom stereocenters. The van der Waals surface area contributed by atoms with E-state index in [1.165, 1.54) is 78.6 Å². The maximum Gasteiger partial charge on any atom is 0.336 e. The number of rotatable bonds is 55. The van der Waals surface area contributed by atoms with Crippen molar-refractivity contribution in [3.05, 3.63) is 125 Å². The number of anilines is 1. The Balaban J connectivity index is 1.09. The van der Waals surface area contributed by atoms with Crippen LogP contribution in [0.2, 0.25) is 0 Å². The number of aromatic hydroxyl groups is 1. The molecule has 0 spiro atoms. The first-order valence-electron chi connectivity index (χ1n) is 41.1. The quantitative estimate of drug-likeness (QED) is 0.0131. The number of thiocarbonyl (C=S) groups is 1. The van der Waals surface area contributed by atoms with E-state index >= 15 is 0 Å². The normalized spacial score (nSPS) is 13.2. The van der Waals surface area contributed by atoms with Crippen molar-refractivity contribution >= 4 is 151 Å². The number of hydrogen-bond acceptors (Lipinski definition) is 25. The van der Waals surface area contributed by atoms with Gasteiger partial charge in [0, 0.05) is 110 Å². The third-order valence-corrected chi connectivity index (χ3v) is 21.2. The van der Waals surface area contributed by atoms with Gasteiger partial charge in [-0.25, -0.2) is 9.78 Å². The number of imidazole rings is 1. The number of aromatic nitrogens is 3. The number of aromatic carboxylic acids is 1. The summed E-state index contributed by atoms with van der Waals surface area (Å²) in [6.45, 7) is 2.41. The summed E-state index contributed by atoms with van der Waals surface area (Å²) in [6.07, 6.45) is 4.87. The number of thioether (sulfide) groups is 1. The number of unbranched alkanes of at least 4 members (excludes halogenated alkanes) is 1. The Labute approximate surface area is 748 Å². The molecule has 45 heteroatoms. The van der Waals surface area contributed by atoms with Gasteiger partial charge in [0.1, 0.15) is 65.4 Å². The summed E-state index contributed by atoms with van der Waals surface area (Å²) < 4.78 is 5.95. The first kappa shape index (κ1) is 102. The van der Waals surface area contributed by atoms with E-state index in [0.29, 0.717) is 44.4 Å². The Morgan fingerprint density at radius 3 is 1.76 bits per heavy atom. The van der Waals surface area contributed by atoms with Gasteiger partial charge in [-0.2, -0.15) is 11.8 Å². The maximum atomic E-state index is 15.0. The van der Waals surface area contributed by atoms with Crippen LogP contribution in [-0.2, 0) is 84.8 Å². The van der Waals surface area contributed by atoms with Crippen LogP contribution in [0.5, 0.6) is 5.75 Å². The third kappa shape index (κ3) is 33.2. The number of carbonyl (C=O) groups is 16. The minimum atomic E-state index is -1.76. The molecule has 5 aromatic rings. The maximum absolute atomic E-state index is 15.0. The Bertz CT molecular complexity index is 5200. The van der Waals surface area contributed by atoms with Gasteiger partial charge in [0.05, 0.1) is 56.9 Å². The number of aliphatic carboxylic acids is 4. The van der Waals surface area contributed by atoms with Crippen LogP contribution in [0.1, 0.15) is 101 Å². The Morgan fingerprint density at radius 2 is 1.14 bits per heavy atom. The number of H-pyrrole nitrogens is 2. The molecule has 0 fully saturated rings. The number of carboxylic acid groups (broad SMARTS) is 5. The predicted octanol–water partition coefficient (Wildman–Crippen LogP) is -0.420. The van der Waals surface area contributed by atoms with Crippen LogP contribution in [0.15, 0.2) is 107 Å². The van der Waals surface area contributed by atoms with Gasteiger partial charge < -0.3 is 115 Å². The standard InChI is InChI=1S/C84H109N19O24S2/c1-44(2)29-61(80(122)96-58(75(86)117)22-28-129-6)98-81(123)63(32-49-36-87-43-91-49)95-67(107)37-90-82(124)74(45(3)4)100-76(118)46(5)92-79(121)62(30-47-35-89-57-12-8-7-11-52(47)57)99-78(120)60(20-21-66(85)106)97-77(119)59(94-68(108)38-102(40-70(111)112)26-24-101(39-69(109)110)25-27-103(41-71(113)114)42-72(115)116)13-9-10-23-88-84(128)93-48-14-17-53(56(31-48)83(125)126)73-54-18-15-50(104)33-64(54)127-65-34-51(105)16-19-55(65)73/h7-8,11-12,14-19,31,33-36,43-46,58-63,74,89,104H,9-10,13,20-30,32,37-42H2,1-6H3,(H2,85,106)(H2,86,117)(H,87,91)(H,90,124)(H,92,121)(H,94,108)(H,95,107)(H,96,122)(H,97,119)(H,98,123)(H,99,120)(H,100,118)(H,109,110)(H,111,112)(H,113,114)(H,115,116)(H,125,126)(H2,88,93,128)/t46-,58-,59-,60-,61-,62-,63-,74-/m0/s1. The Kier molecular flexibility index (Phi) is 39.7. The summed E-state index contributed by atoms with van der Waals surface area (Å²) in [5.41, 5.74) is 13.4. The zero-order chi connectivity index (χ0) is 94.9. The number of primary amides is 2. The lowest BCUT2D eigenvalue weighted by molar-refractivity contribution is -0.143. The zero-order valence-corrected chi connectivity index (χ0v) is 73.3. The number of phenolic OH excluding ortho intramolecular Hbond substituents is 1. The fourth-order valence-corrected chi connectivity index (χ4v) is 14.6. The van der Waals surface area contributed by atoms with Gasteiger partial charge in [0.2, 0.25) is 65.0 Å². The molecular weight excluding hydrogens is 1720 g/mol. The molecule has 0 bridgehead atoms. The molecule has 7 rings (SSSR count). The molecule has 23 N–H and O–H groups in total. The molecule has 43 nitrogen and oxygen atoms in total. The van der Waals surface area contributed by atoms with Crippen molar-refractivity contribution in [2.24, 2.45) is 23.3 Å². The van der Waals surface area contributed by atoms with E-state index in [1.807, 2.05) is 6.26 Å². The average molecular weight is 1830 g/mol. The smallest absolute Gasteiger partial charge is 0.336 e. The van der Waals surface area contributed by atoms with E-state index in [1.54, 1.807) is 70.3 Å². The summed E-state index contributed by atoms with van der Waals surface area (Å²) in [6, 6.07) is 8.03. The van der Waals surface area contributed by atoms with E-state index in [0.717, 1.165) is 9.80 Å². The number of carboxylic acids is 5. The average Bonchev–Trinajstić information content (AvgIpc) is 1.03. The molecular formula is C84H109N19O24S2. The highest BCUT2D eigenvalue weighted by Crippen LogP contribution is 2.42. The van der Waals surface area contributed by atoms with Crippen molar-refractivity contribution in [1.29, 1.82) is 0 Å². The highest BCUT2D eigenvalue weighted by atomic mass is 32.2. The van der Waals surface area contributed by atoms with Gasteiger partial charge in [-0.1, -0.05) is 52.0 Å². The summed E-state index contributed by atoms with van der Waals surface area (Å²) in [4.78, 5) is 240. The van der Waals surface area contributed by atoms with Crippen LogP contribution in [0.3, 0.4) is 0 Å². The molecule has 8 atom stereocenters. The van der Waals surface area contributed by atoms with Gasteiger partial charge in [-0.05, 0) is 135 Å². The summed E-state index contributed by atoms with van der Waals surface area (Å²) in [5.74, 6) is -17.4. The van der Waals surface area contributed by atoms with E-state index in [-0.39, 0.29) is 128 Å². The lowest BCUT2D eigenvalue weighted by Crippen LogP contribution is -2.60. The number of amides is 11. The van der Waals surface area contributed by atoms with E-state index in [2.05, 4.69) is 73.4 Å². The Morgan fingerprint density at radius 1 is 0.558 bits per heavy atom. The second kappa shape index (κ2) is 50.0. The van der Waals surface area contributed by atoms with E-state index in [9.17, 15) is 112 Å². The van der Waals surface area contributed by atoms with Crippen LogP contribution < -0.4 is 75.4 Å². The lowest BCUT2D eigenvalue weighted by Gasteiger charge is -2.28. The van der Waals surface area contributed by atoms with Crippen LogP contribution in [0, 0.1) is 11.8 Å². The molecule has 0 saturated heterocycles. The Hall–Kier alpha value is -13.7. The van der Waals surface area contributed by atoms with Crippen LogP contribution in [-0.4, -0.2) is 293 Å². The van der Waals surface area contributed by atoms with E-state index < -0.39 is 201 Å². The highest BCUT2D eigenvalue weighted by molar-refractivity contribution is 7.98. The fraction of sp³-hybridized carbons (Fsp3) is 0.440. The molecule has 3 aromatic carbocycles. The molecule has 11 amide bonds. The van der Waals surface area contributed by atoms with Gasteiger partial charge in [0.25, 0.3) is 0 Å². The van der Waals surface area contributed by atoms with Crippen LogP contribution >= 0.6 is 24.0 Å². The lowest BCUT2D eigenvalue weighted by atomic mass is 9.90. The third-order valence-electron chi connectivity index (χ3n) is 20.3. The van der Waals surface area contributed by atoms with Gasteiger partial charge in [0.15, 0.2) is 10.5 Å². The summed E-state index contributed by atoms with van der Waals surface area (Å²) >= 11 is 7.04. The molecule has 0 radical (unpaired) electrons. The van der Waals surface area contributed by atoms with Gasteiger partial charge >= 0.3 is 29.8 Å². The minimum absolute atomic E-state index is 0.00984. The molecule has 129 heavy (non-hydrogen) atoms. The number of nitrogens with two attached hydrogens (primary N) is 2. The van der Waals surface area contributed by atoms with Crippen molar-refractivity contribution in [2.75, 3.05) is 89.3 Å². The van der Waals surface area contributed by atoms with Crippen molar-refractivity contribution in [2.45, 2.75) is 141 Å². The van der Waals surface area contributed by atoms with Gasteiger partial charge in [-0.3, -0.25) is 91.4 Å². The molecule has 696 valence electrons. The molecule has 0 saturated carbocycles. The number of phenols is 1. The second-order valence-corrected chi connectivity index (χ2v) is 32.7. The first-order chi connectivity index (χ1) is 61.1. The van der Waals surface area contributed by atoms with Crippen LogP contribution in [0.4, 0.5) is 5.69 Å². The topological polar surface area (TPSA) is 663 Å². The summed E-state index contributed by atoms with van der Waals surface area (Å²) in [7, 11) is 0. The number of carbonyl (C=O) groups excluding carboxylic acids is 11. The minimum Gasteiger partial charge on any atom is -0.508 e. The number of nitrogens with zero attached hydrogens (tertiary/aromatic N) is 4. The summed E-state index contributed by atoms with van der Waals surface area (Å²) in [5, 5.41) is 89.7. The monoisotopic (exact) mass is 1830 g/mol. The molecule has 2 aliphatic rings. The largest absolute Gasteiger partial charge is 0.508 e. The van der Waals surface area contributed by atoms with Crippen LogP contribution in [0.25, 0.3) is 44.3 Å². The number of benzene rings is 4. The van der Waals surface area contributed by atoms with Crippen molar-refractivity contribution in [1.82, 2.24) is 82.8 Å². The molecule has 1 aliphatic carbocycles. The number of hydrogen-bond donors (Lipinski definition) is 21. The fourth-order valence-electron chi connectivity index (χ4n) is 13.9. The SMILES string of the molecule is CSCC[C@H](NC(=O)[C@H](CC(C)C)NC(=O)[C@H](Cc1c[nH]cn1)NC(=O)CNC(=O)[C@@H](NC(=O)[C@H](C)NC(=O)[C@H](Cc1c[nH]c2ccccc12)NC(=O)[C@H](CCC(N)=O)NC(=O)[C@H](CCCCNC(=S)Nc1ccc(-c2c3ccc(=O)cc-3oc3cc(O)ccc23)c(C(=O)O)c1)NC(=O)CN(CCN(CCN(CC(=O)O)CC(=O)O)CC(=O)O)CC(=O)O)C(C)C)C(N)=O. The number of fused-ring (bicyclic) bond motifs is 3. The highest BCUT2D eigenvalue weighted by Gasteiger charge is 2.36. The van der Waals surface area contributed by atoms with Gasteiger partial charge in [-0.15, -0.1) is 0 Å². The predicted molar refractivity (Wildman–Crippen MR) is 474 cm³/mol. The zero-order valence-electron chi connectivity index (χ0n) is 71.7. The number of aromatic amines is 2. The first-order valence-corrected chi connectivity index (χ1v) is 42.9. The number of para-hydroxylation sites is 1. The number of nitrogens with one attached hydrogen (secondary N) is 13. The molecule has 1 aliphatic heterocycles. The van der Waals surface area contributed by atoms with E-state index in [4.69, 9.17) is 28.1 Å². The molecule has 3 heterocycles. The molecule has 2 aromatic heterocycles. The van der Waals surface area contributed by atoms with Crippen molar-refractivity contribution in [3.63, 3.8) is 0 Å². The second-order valence-electron chi connectivity index (χ2n) is 31.3.